The molecule has 414 valence electrons. The average Bonchev–Trinajstić information content (AvgIpc) is 3.33. The van der Waals surface area contributed by atoms with E-state index in [1.165, 1.54) is 135 Å². The van der Waals surface area contributed by atoms with E-state index in [-0.39, 0.29) is 24.9 Å². The lowest BCUT2D eigenvalue weighted by Crippen LogP contribution is -2.47. The number of carbonyl (C=O) groups excluding carboxylic acids is 2. The van der Waals surface area contributed by atoms with E-state index in [1.54, 1.807) is 0 Å². The Labute approximate surface area is 439 Å². The van der Waals surface area contributed by atoms with Crippen LogP contribution in [0, 0.1) is 0 Å². The first kappa shape index (κ1) is 68.7. The van der Waals surface area contributed by atoms with Crippen molar-refractivity contribution in [2.24, 2.45) is 0 Å². The molecule has 71 heavy (non-hydrogen) atoms. The fourth-order valence-electron chi connectivity index (χ4n) is 8.29. The smallest absolute Gasteiger partial charge is 0.306 e. The van der Waals surface area contributed by atoms with Crippen molar-refractivity contribution in [2.45, 2.75) is 277 Å². The minimum Gasteiger partial charge on any atom is -0.756 e. The number of hydrogen-bond acceptors (Lipinski definition) is 7. The molecule has 10 heteroatoms. The summed E-state index contributed by atoms with van der Waals surface area (Å²) in [7, 11) is 1.17. The van der Waals surface area contributed by atoms with Crippen LogP contribution in [0.25, 0.3) is 0 Å². The van der Waals surface area contributed by atoms with Crippen molar-refractivity contribution in [2.75, 3.05) is 40.9 Å². The highest BCUT2D eigenvalue weighted by atomic mass is 31.2. The molecule has 0 aromatic rings. The quantitative estimate of drug-likeness (QED) is 0.0212. The van der Waals surface area contributed by atoms with E-state index in [9.17, 15) is 19.0 Å². The molecule has 1 amide bonds. The van der Waals surface area contributed by atoms with E-state index in [4.69, 9.17) is 13.8 Å². The number of allylic oxidation sites excluding steroid dienone is 9. The normalized spacial score (nSPS) is 14.2. The molecular formula is C61H113N2O7P. The summed E-state index contributed by atoms with van der Waals surface area (Å²) >= 11 is 0. The van der Waals surface area contributed by atoms with Crippen LogP contribution >= 0.6 is 7.82 Å². The summed E-state index contributed by atoms with van der Waals surface area (Å²) in [6, 6.07) is -0.899. The van der Waals surface area contributed by atoms with Gasteiger partial charge in [0.15, 0.2) is 0 Å². The Bertz CT molecular complexity index is 1400. The van der Waals surface area contributed by atoms with Gasteiger partial charge in [0.1, 0.15) is 19.3 Å². The molecule has 0 aliphatic carbocycles. The van der Waals surface area contributed by atoms with Gasteiger partial charge in [0, 0.05) is 12.8 Å². The predicted octanol–water partition coefficient (Wildman–Crippen LogP) is 17.3. The van der Waals surface area contributed by atoms with Crippen LogP contribution in [-0.2, 0) is 27.9 Å². The summed E-state index contributed by atoms with van der Waals surface area (Å²) in [5, 5.41) is 3.01. The maximum atomic E-state index is 13.5. The molecule has 0 rings (SSSR count). The zero-order valence-electron chi connectivity index (χ0n) is 47.2. The molecule has 0 aromatic heterocycles. The van der Waals surface area contributed by atoms with Gasteiger partial charge in [-0.15, -0.1) is 0 Å². The standard InChI is InChI=1S/C61H113N2O7P/c1-7-10-13-16-19-22-25-27-29-31-33-35-38-41-44-47-50-53-60(64)62-58(57-69-71(66,67)68-56-55-63(4,5)6)59(52-49-46-43-40-37-24-21-18-15-12-9-3)70-61(65)54-51-48-45-42-39-36-34-32-30-28-26-23-20-17-14-11-8-2/h20,23,27-30,34,36,49,52,58-59H,7-19,21-22,24-26,31-33,35,37-48,50-51,53-57H2,1-6H3,(H-,62,64,66,67)/b23-20-,29-27+,30-28-,36-34-,52-49+. The van der Waals surface area contributed by atoms with E-state index >= 15 is 0 Å². The van der Waals surface area contributed by atoms with Crippen LogP contribution < -0.4 is 10.2 Å². The molecule has 3 unspecified atom stereocenters. The first-order valence-corrected chi connectivity index (χ1v) is 31.1. The fraction of sp³-hybridized carbons (Fsp3) is 0.803. The second-order valence-corrected chi connectivity index (χ2v) is 22.6. The number of phosphoric ester groups is 1. The number of phosphoric acid groups is 1. The van der Waals surface area contributed by atoms with Crippen LogP contribution in [0.5, 0.6) is 0 Å². The van der Waals surface area contributed by atoms with Crippen molar-refractivity contribution in [1.29, 1.82) is 0 Å². The molecule has 0 saturated carbocycles. The summed E-state index contributed by atoms with van der Waals surface area (Å²) in [4.78, 5) is 39.9. The molecule has 0 radical (unpaired) electrons. The molecule has 1 N–H and O–H groups in total. The summed E-state index contributed by atoms with van der Waals surface area (Å²) in [6.07, 6.45) is 63.2. The Morgan fingerprint density at radius 2 is 0.859 bits per heavy atom. The second kappa shape index (κ2) is 51.2. The number of esters is 1. The maximum Gasteiger partial charge on any atom is 0.306 e. The van der Waals surface area contributed by atoms with Gasteiger partial charge in [0.2, 0.25) is 5.91 Å². The first-order chi connectivity index (χ1) is 34.4. The van der Waals surface area contributed by atoms with Gasteiger partial charge in [-0.1, -0.05) is 217 Å². The van der Waals surface area contributed by atoms with Gasteiger partial charge < -0.3 is 28.5 Å². The van der Waals surface area contributed by atoms with E-state index in [0.29, 0.717) is 23.9 Å². The minimum atomic E-state index is -4.70. The van der Waals surface area contributed by atoms with Crippen molar-refractivity contribution in [1.82, 2.24) is 5.32 Å². The molecule has 0 aliphatic heterocycles. The first-order valence-electron chi connectivity index (χ1n) is 29.6. The molecule has 0 aromatic carbocycles. The number of nitrogens with one attached hydrogen (secondary N) is 1. The third kappa shape index (κ3) is 52.4. The third-order valence-corrected chi connectivity index (χ3v) is 13.9. The number of hydrogen-bond donors (Lipinski definition) is 1. The molecular weight excluding hydrogens is 904 g/mol. The van der Waals surface area contributed by atoms with Crippen molar-refractivity contribution in [3.8, 4) is 0 Å². The highest BCUT2D eigenvalue weighted by molar-refractivity contribution is 7.45. The van der Waals surface area contributed by atoms with E-state index < -0.39 is 26.6 Å². The number of nitrogens with zero attached hydrogens (tertiary/aromatic N) is 1. The maximum absolute atomic E-state index is 13.5. The Morgan fingerprint density at radius 1 is 0.493 bits per heavy atom. The van der Waals surface area contributed by atoms with Crippen LogP contribution in [0.2, 0.25) is 0 Å². The summed E-state index contributed by atoms with van der Waals surface area (Å²) < 4.78 is 30.2. The molecule has 0 bridgehead atoms. The van der Waals surface area contributed by atoms with Crippen molar-refractivity contribution in [3.63, 3.8) is 0 Å². The molecule has 0 aliphatic rings. The lowest BCUT2D eigenvalue weighted by atomic mass is 10.1. The monoisotopic (exact) mass is 1020 g/mol. The Kier molecular flexibility index (Phi) is 49.6. The number of ether oxygens (including phenoxy) is 1. The van der Waals surface area contributed by atoms with Gasteiger partial charge in [-0.25, -0.2) is 0 Å². The largest absolute Gasteiger partial charge is 0.756 e. The summed E-state index contributed by atoms with van der Waals surface area (Å²) in [6.45, 7) is 6.79. The van der Waals surface area contributed by atoms with Crippen LogP contribution in [0.1, 0.15) is 265 Å². The van der Waals surface area contributed by atoms with E-state index in [0.717, 1.165) is 89.9 Å². The Hall–Kier alpha value is -2.29. The van der Waals surface area contributed by atoms with Crippen molar-refractivity contribution < 1.29 is 37.3 Å². The molecule has 3 atom stereocenters. The van der Waals surface area contributed by atoms with Crippen molar-refractivity contribution >= 4 is 19.7 Å². The minimum absolute atomic E-state index is 0.0281. The summed E-state index contributed by atoms with van der Waals surface area (Å²) in [5.74, 6) is -0.569. The average molecular weight is 1020 g/mol. The van der Waals surface area contributed by atoms with Gasteiger partial charge in [-0.05, 0) is 96.0 Å². The molecule has 0 saturated heterocycles. The number of carbonyl (C=O) groups is 2. The highest BCUT2D eigenvalue weighted by Crippen LogP contribution is 2.38. The van der Waals surface area contributed by atoms with Crippen LogP contribution in [0.3, 0.4) is 0 Å². The zero-order chi connectivity index (χ0) is 52.2. The summed E-state index contributed by atoms with van der Waals surface area (Å²) in [5.41, 5.74) is 0. The topological polar surface area (TPSA) is 114 Å². The van der Waals surface area contributed by atoms with Crippen LogP contribution in [0.4, 0.5) is 0 Å². The molecule has 0 spiro atoms. The van der Waals surface area contributed by atoms with Gasteiger partial charge in [-0.3, -0.25) is 14.2 Å². The number of unbranched alkanes of at least 4 members (excludes halogenated alkanes) is 29. The van der Waals surface area contributed by atoms with Gasteiger partial charge in [-0.2, -0.15) is 0 Å². The molecule has 0 heterocycles. The lowest BCUT2D eigenvalue weighted by Gasteiger charge is -2.30. The number of quaternary nitrogens is 1. The highest BCUT2D eigenvalue weighted by Gasteiger charge is 2.27. The molecule has 9 nitrogen and oxygen atoms in total. The SMILES string of the molecule is CCCCC/C=C\C/C=C\C/C=C\CCCCCCC(=O)OC(/C=C/CCCCCCCCCCC)C(COP(=O)([O-])OCC[N+](C)(C)C)NC(=O)CCCCCCCCC/C=C/CCCCCCCC. The number of rotatable bonds is 53. The van der Waals surface area contributed by atoms with Gasteiger partial charge >= 0.3 is 5.97 Å². The van der Waals surface area contributed by atoms with Gasteiger partial charge in [0.25, 0.3) is 7.82 Å². The Morgan fingerprint density at radius 3 is 1.32 bits per heavy atom. The Balaban J connectivity index is 5.33. The lowest BCUT2D eigenvalue weighted by molar-refractivity contribution is -0.870. The second-order valence-electron chi connectivity index (χ2n) is 21.1. The van der Waals surface area contributed by atoms with Crippen molar-refractivity contribution in [3.05, 3.63) is 60.8 Å². The predicted molar refractivity (Wildman–Crippen MR) is 302 cm³/mol. The van der Waals surface area contributed by atoms with Crippen LogP contribution in [-0.4, -0.2) is 69.4 Å². The number of likely N-dealkylation sites (N-methyl/N-ethyl adjacent to an activating group) is 1. The number of amides is 1. The van der Waals surface area contributed by atoms with Crippen LogP contribution in [0.15, 0.2) is 60.8 Å². The fourth-order valence-corrected chi connectivity index (χ4v) is 9.01. The van der Waals surface area contributed by atoms with E-state index in [1.807, 2.05) is 33.3 Å². The molecule has 0 fully saturated rings. The van der Waals surface area contributed by atoms with E-state index in [2.05, 4.69) is 74.7 Å². The third-order valence-electron chi connectivity index (χ3n) is 12.9. The van der Waals surface area contributed by atoms with Gasteiger partial charge in [0.05, 0.1) is 33.8 Å². The zero-order valence-corrected chi connectivity index (χ0v) is 48.1.